The van der Waals surface area contributed by atoms with Crippen LogP contribution in [0, 0.1) is 0 Å². The number of carbonyl (C=O) groups excluding carboxylic acids is 5. The van der Waals surface area contributed by atoms with Crippen LogP contribution in [0.5, 0.6) is 0 Å². The van der Waals surface area contributed by atoms with E-state index in [0.29, 0.717) is 0 Å². The van der Waals surface area contributed by atoms with Crippen molar-refractivity contribution in [2.45, 2.75) is 71.5 Å². The Labute approximate surface area is 162 Å². The maximum absolute atomic E-state index is 12.0. The average Bonchev–Trinajstić information content (AvgIpc) is 2.51. The first-order valence-electron chi connectivity index (χ1n) is 8.37. The molecule has 28 heavy (non-hydrogen) atoms. The summed E-state index contributed by atoms with van der Waals surface area (Å²) in [5.74, 6) is -2.46. The summed E-state index contributed by atoms with van der Waals surface area (Å²) in [6.45, 7) is 7.31. The van der Waals surface area contributed by atoms with E-state index in [9.17, 15) is 29.1 Å². The molecule has 0 aliphatic carbocycles. The standard InChI is InChI=1S/C17H27NO10/c1-9(20)25-8-13(23)15(27-11(3)22)14(26-10(2)21)12(7-19)18-16(24)28-17(4,5)6/h7,12-15,23H,8H2,1-6H3,(H,18,24)/t12-,13+,14+,15+/m0/s1. The van der Waals surface area contributed by atoms with E-state index in [2.05, 4.69) is 10.1 Å². The van der Waals surface area contributed by atoms with Gasteiger partial charge in [-0.2, -0.15) is 0 Å². The molecule has 0 saturated carbocycles. The van der Waals surface area contributed by atoms with E-state index < -0.39 is 60.6 Å². The van der Waals surface area contributed by atoms with Gasteiger partial charge in [0.15, 0.2) is 12.2 Å². The molecule has 0 bridgehead atoms. The lowest BCUT2D eigenvalue weighted by Crippen LogP contribution is -2.57. The van der Waals surface area contributed by atoms with Gasteiger partial charge in [0.2, 0.25) is 0 Å². The van der Waals surface area contributed by atoms with Gasteiger partial charge in [0.05, 0.1) is 0 Å². The summed E-state index contributed by atoms with van der Waals surface area (Å²) in [6, 6.07) is -1.53. The predicted octanol–water partition coefficient (Wildman–Crippen LogP) is -0.134. The molecule has 1 amide bonds. The largest absolute Gasteiger partial charge is 0.463 e. The number of carbonyl (C=O) groups is 5. The number of ether oxygens (including phenoxy) is 4. The predicted molar refractivity (Wildman–Crippen MR) is 93.0 cm³/mol. The molecule has 0 fully saturated rings. The number of amides is 1. The lowest BCUT2D eigenvalue weighted by Gasteiger charge is -2.33. The first kappa shape index (κ1) is 25.3. The minimum absolute atomic E-state index is 0.229. The van der Waals surface area contributed by atoms with Gasteiger partial charge in [0, 0.05) is 20.8 Å². The second-order valence-electron chi connectivity index (χ2n) is 6.83. The zero-order valence-corrected chi connectivity index (χ0v) is 16.7. The lowest BCUT2D eigenvalue weighted by molar-refractivity contribution is -0.182. The van der Waals surface area contributed by atoms with Crippen LogP contribution in [0.2, 0.25) is 0 Å². The topological polar surface area (TPSA) is 155 Å². The number of hydrogen-bond donors (Lipinski definition) is 2. The van der Waals surface area contributed by atoms with Crippen molar-refractivity contribution in [3.05, 3.63) is 0 Å². The van der Waals surface area contributed by atoms with E-state index in [1.165, 1.54) is 0 Å². The van der Waals surface area contributed by atoms with Crippen molar-refractivity contribution >= 4 is 30.3 Å². The first-order chi connectivity index (χ1) is 12.8. The van der Waals surface area contributed by atoms with Gasteiger partial charge in [-0.25, -0.2) is 4.79 Å². The van der Waals surface area contributed by atoms with Crippen LogP contribution in [0.3, 0.4) is 0 Å². The van der Waals surface area contributed by atoms with Crippen molar-refractivity contribution in [2.24, 2.45) is 0 Å². The van der Waals surface area contributed by atoms with Crippen LogP contribution in [-0.4, -0.2) is 72.0 Å². The fourth-order valence-electron chi connectivity index (χ4n) is 2.03. The highest BCUT2D eigenvalue weighted by Gasteiger charge is 2.41. The molecule has 11 heteroatoms. The first-order valence-corrected chi connectivity index (χ1v) is 8.37. The molecule has 0 unspecified atom stereocenters. The van der Waals surface area contributed by atoms with Crippen LogP contribution >= 0.6 is 0 Å². The summed E-state index contributed by atoms with van der Waals surface area (Å²) in [5.41, 5.74) is -0.876. The van der Waals surface area contributed by atoms with Crippen molar-refractivity contribution in [1.29, 1.82) is 0 Å². The van der Waals surface area contributed by atoms with Crippen molar-refractivity contribution in [3.63, 3.8) is 0 Å². The monoisotopic (exact) mass is 405 g/mol. The number of aliphatic hydroxyl groups is 1. The zero-order chi connectivity index (χ0) is 22.1. The number of aliphatic hydroxyl groups excluding tert-OH is 1. The molecule has 11 nitrogen and oxygen atoms in total. The third-order valence-corrected chi connectivity index (χ3v) is 2.95. The normalized spacial score (nSPS) is 15.2. The molecule has 2 N–H and O–H groups in total. The Morgan fingerprint density at radius 3 is 1.86 bits per heavy atom. The molecule has 0 heterocycles. The third kappa shape index (κ3) is 10.5. The molecule has 0 aromatic rings. The molecule has 0 radical (unpaired) electrons. The van der Waals surface area contributed by atoms with Crippen LogP contribution in [0.25, 0.3) is 0 Å². The smallest absolute Gasteiger partial charge is 0.408 e. The zero-order valence-electron chi connectivity index (χ0n) is 16.7. The number of alkyl carbamates (subject to hydrolysis) is 1. The fraction of sp³-hybridized carbons (Fsp3) is 0.706. The van der Waals surface area contributed by atoms with Crippen molar-refractivity contribution in [1.82, 2.24) is 5.32 Å². The Morgan fingerprint density at radius 1 is 0.964 bits per heavy atom. The maximum Gasteiger partial charge on any atom is 0.408 e. The van der Waals surface area contributed by atoms with Gasteiger partial charge < -0.3 is 34.2 Å². The van der Waals surface area contributed by atoms with E-state index >= 15 is 0 Å². The van der Waals surface area contributed by atoms with Gasteiger partial charge in [-0.1, -0.05) is 0 Å². The van der Waals surface area contributed by atoms with E-state index in [1.807, 2.05) is 0 Å². The van der Waals surface area contributed by atoms with Gasteiger partial charge in [-0.05, 0) is 20.8 Å². The highest BCUT2D eigenvalue weighted by molar-refractivity contribution is 5.75. The minimum atomic E-state index is -1.65. The molecule has 0 saturated heterocycles. The molecule has 0 rings (SSSR count). The second-order valence-corrected chi connectivity index (χ2v) is 6.83. The van der Waals surface area contributed by atoms with E-state index in [-0.39, 0.29) is 6.29 Å². The summed E-state index contributed by atoms with van der Waals surface area (Å²) >= 11 is 0. The summed E-state index contributed by atoms with van der Waals surface area (Å²) in [5, 5.41) is 12.4. The molecular weight excluding hydrogens is 378 g/mol. The number of hydrogen-bond acceptors (Lipinski definition) is 10. The van der Waals surface area contributed by atoms with Gasteiger partial charge in [0.25, 0.3) is 0 Å². The maximum atomic E-state index is 12.0. The lowest BCUT2D eigenvalue weighted by atomic mass is 10.0. The van der Waals surface area contributed by atoms with Crippen LogP contribution < -0.4 is 5.32 Å². The minimum Gasteiger partial charge on any atom is -0.463 e. The Morgan fingerprint density at radius 2 is 1.46 bits per heavy atom. The van der Waals surface area contributed by atoms with Gasteiger partial charge >= 0.3 is 24.0 Å². The molecule has 0 spiro atoms. The van der Waals surface area contributed by atoms with Gasteiger partial charge in [-0.15, -0.1) is 0 Å². The summed E-state index contributed by atoms with van der Waals surface area (Å²) in [6.07, 6.45) is -5.66. The molecule has 160 valence electrons. The Kier molecular flexibility index (Phi) is 10.1. The van der Waals surface area contributed by atoms with E-state index in [0.717, 1.165) is 20.8 Å². The van der Waals surface area contributed by atoms with Crippen molar-refractivity contribution < 1.29 is 48.0 Å². The average molecular weight is 405 g/mol. The Bertz CT molecular complexity index is 583. The summed E-state index contributed by atoms with van der Waals surface area (Å²) in [7, 11) is 0. The van der Waals surface area contributed by atoms with Gasteiger partial charge in [0.1, 0.15) is 30.6 Å². The highest BCUT2D eigenvalue weighted by Crippen LogP contribution is 2.16. The van der Waals surface area contributed by atoms with E-state index in [1.54, 1.807) is 20.8 Å². The molecular formula is C17H27NO10. The fourth-order valence-corrected chi connectivity index (χ4v) is 2.03. The van der Waals surface area contributed by atoms with Crippen molar-refractivity contribution in [2.75, 3.05) is 6.61 Å². The Hall–Kier alpha value is -2.69. The number of nitrogens with one attached hydrogen (secondary N) is 1. The highest BCUT2D eigenvalue weighted by atomic mass is 16.6. The van der Waals surface area contributed by atoms with E-state index in [4.69, 9.17) is 14.2 Å². The van der Waals surface area contributed by atoms with Crippen LogP contribution in [-0.2, 0) is 38.1 Å². The third-order valence-electron chi connectivity index (χ3n) is 2.95. The van der Waals surface area contributed by atoms with Gasteiger partial charge in [-0.3, -0.25) is 14.4 Å². The van der Waals surface area contributed by atoms with Crippen LogP contribution in [0.15, 0.2) is 0 Å². The Balaban J connectivity index is 5.67. The quantitative estimate of drug-likeness (QED) is 0.301. The van der Waals surface area contributed by atoms with Crippen LogP contribution in [0.4, 0.5) is 4.79 Å². The molecule has 0 aliphatic heterocycles. The number of rotatable bonds is 9. The molecule has 0 aliphatic rings. The summed E-state index contributed by atoms with van der Waals surface area (Å²) in [4.78, 5) is 57.4. The molecule has 0 aromatic heterocycles. The summed E-state index contributed by atoms with van der Waals surface area (Å²) < 4.78 is 19.7. The molecule has 4 atom stereocenters. The molecule has 0 aromatic carbocycles. The SMILES string of the molecule is CC(=O)OC[C@@H](O)[C@@H](OC(C)=O)[C@H](OC(C)=O)[C@H](C=O)NC(=O)OC(C)(C)C. The second kappa shape index (κ2) is 11.2. The van der Waals surface area contributed by atoms with Crippen LogP contribution in [0.1, 0.15) is 41.5 Å². The number of aldehydes is 1. The van der Waals surface area contributed by atoms with Crippen molar-refractivity contribution in [3.8, 4) is 0 Å². The number of esters is 3.